The van der Waals surface area contributed by atoms with E-state index in [0.29, 0.717) is 5.75 Å². The Labute approximate surface area is 142 Å². The van der Waals surface area contributed by atoms with E-state index in [0.717, 1.165) is 17.7 Å². The van der Waals surface area contributed by atoms with Crippen molar-refractivity contribution in [3.8, 4) is 11.5 Å². The molecule has 0 atom stereocenters. The van der Waals surface area contributed by atoms with Crippen molar-refractivity contribution in [2.75, 3.05) is 0 Å². The highest BCUT2D eigenvalue weighted by Crippen LogP contribution is 2.31. The number of nitrogens with one attached hydrogen (secondary N) is 1. The summed E-state index contributed by atoms with van der Waals surface area (Å²) in [5.41, 5.74) is 0.0631. The van der Waals surface area contributed by atoms with E-state index in [1.54, 1.807) is 24.3 Å². The maximum Gasteiger partial charge on any atom is 0.416 e. The molecule has 0 bridgehead atoms. The lowest BCUT2D eigenvalue weighted by Crippen LogP contribution is -2.24. The zero-order chi connectivity index (χ0) is 18.4. The number of ketones is 1. The summed E-state index contributed by atoms with van der Waals surface area (Å²) in [7, 11) is 0. The highest BCUT2D eigenvalue weighted by molar-refractivity contribution is 5.96. The molecule has 1 N–H and O–H groups in total. The van der Waals surface area contributed by atoms with Crippen LogP contribution in [0.1, 0.15) is 24.5 Å². The topological polar surface area (TPSA) is 55.4 Å². The Morgan fingerprint density at radius 3 is 1.96 bits per heavy atom. The van der Waals surface area contributed by atoms with Crippen molar-refractivity contribution in [1.82, 2.24) is 5.32 Å². The van der Waals surface area contributed by atoms with Crippen molar-refractivity contribution in [3.63, 3.8) is 0 Å². The molecule has 0 radical (unpaired) electrons. The molecule has 25 heavy (non-hydrogen) atoms. The highest BCUT2D eigenvalue weighted by atomic mass is 19.4. The van der Waals surface area contributed by atoms with Crippen LogP contribution in [-0.4, -0.2) is 11.7 Å². The smallest absolute Gasteiger partial charge is 0.416 e. The third kappa shape index (κ3) is 5.95. The van der Waals surface area contributed by atoms with Gasteiger partial charge in [0.05, 0.1) is 12.0 Å². The Hall–Kier alpha value is -2.83. The molecule has 0 spiro atoms. The standard InChI is InChI=1S/C18H16F3NO3/c1-12(23)10-17(24)22-11-13-2-6-15(7-3-13)25-16-8-4-14(5-9-16)18(19,20)21/h2-9H,10-11H2,1H3,(H,22,24). The summed E-state index contributed by atoms with van der Waals surface area (Å²) in [6.45, 7) is 1.61. The van der Waals surface area contributed by atoms with Crippen LogP contribution in [0, 0.1) is 0 Å². The Kier molecular flexibility index (Phi) is 5.80. The van der Waals surface area contributed by atoms with Gasteiger partial charge in [0.15, 0.2) is 0 Å². The Morgan fingerprint density at radius 1 is 0.960 bits per heavy atom. The molecule has 0 saturated carbocycles. The quantitative estimate of drug-likeness (QED) is 0.798. The van der Waals surface area contributed by atoms with Crippen LogP contribution in [-0.2, 0) is 22.3 Å². The number of hydrogen-bond donors (Lipinski definition) is 1. The summed E-state index contributed by atoms with van der Waals surface area (Å²) >= 11 is 0. The van der Waals surface area contributed by atoms with Gasteiger partial charge in [0.25, 0.3) is 0 Å². The molecule has 2 rings (SSSR count). The first-order valence-corrected chi connectivity index (χ1v) is 7.44. The van der Waals surface area contributed by atoms with Crippen molar-refractivity contribution in [2.24, 2.45) is 0 Å². The summed E-state index contributed by atoms with van der Waals surface area (Å²) in [5, 5.41) is 2.61. The number of ether oxygens (including phenoxy) is 1. The summed E-state index contributed by atoms with van der Waals surface area (Å²) in [6, 6.07) is 11.1. The molecule has 0 aromatic heterocycles. The molecule has 4 nitrogen and oxygen atoms in total. The van der Waals surface area contributed by atoms with Crippen molar-refractivity contribution in [2.45, 2.75) is 26.1 Å². The Morgan fingerprint density at radius 2 is 1.48 bits per heavy atom. The molecule has 1 amide bonds. The maximum atomic E-state index is 12.5. The van der Waals surface area contributed by atoms with Gasteiger partial charge in [-0.05, 0) is 48.9 Å². The van der Waals surface area contributed by atoms with Crippen LogP contribution in [0.2, 0.25) is 0 Å². The molecular formula is C18H16F3NO3. The molecule has 2 aromatic carbocycles. The van der Waals surface area contributed by atoms with E-state index in [1.807, 2.05) is 0 Å². The number of benzene rings is 2. The average Bonchev–Trinajstić information content (AvgIpc) is 2.53. The first-order valence-electron chi connectivity index (χ1n) is 7.44. The summed E-state index contributed by atoms with van der Waals surface area (Å²) in [6.07, 6.45) is -4.54. The first-order chi connectivity index (χ1) is 11.7. The molecule has 0 heterocycles. The van der Waals surface area contributed by atoms with Crippen LogP contribution in [0.25, 0.3) is 0 Å². The fraction of sp³-hybridized carbons (Fsp3) is 0.222. The molecule has 0 aliphatic rings. The van der Waals surface area contributed by atoms with Crippen molar-refractivity contribution in [1.29, 1.82) is 0 Å². The molecule has 0 saturated heterocycles. The molecule has 132 valence electrons. The van der Waals surface area contributed by atoms with E-state index in [9.17, 15) is 22.8 Å². The van der Waals surface area contributed by atoms with Gasteiger partial charge in [-0.3, -0.25) is 9.59 Å². The predicted octanol–water partition coefficient (Wildman–Crippen LogP) is 4.09. The number of carbonyl (C=O) groups is 2. The molecule has 0 aliphatic heterocycles. The van der Waals surface area contributed by atoms with Crippen LogP contribution in [0.15, 0.2) is 48.5 Å². The van der Waals surface area contributed by atoms with Gasteiger partial charge >= 0.3 is 6.18 Å². The molecule has 2 aromatic rings. The minimum Gasteiger partial charge on any atom is -0.457 e. The fourth-order valence-corrected chi connectivity index (χ4v) is 2.01. The fourth-order valence-electron chi connectivity index (χ4n) is 2.01. The minimum absolute atomic E-state index is 0.158. The zero-order valence-corrected chi connectivity index (χ0v) is 13.4. The van der Waals surface area contributed by atoms with E-state index in [1.165, 1.54) is 19.1 Å². The zero-order valence-electron chi connectivity index (χ0n) is 13.4. The summed E-state index contributed by atoms with van der Waals surface area (Å²) in [5.74, 6) is 0.185. The Balaban J connectivity index is 1.92. The van der Waals surface area contributed by atoms with Crippen LogP contribution < -0.4 is 10.1 Å². The van der Waals surface area contributed by atoms with E-state index in [-0.39, 0.29) is 30.4 Å². The number of hydrogen-bond acceptors (Lipinski definition) is 3. The summed E-state index contributed by atoms with van der Waals surface area (Å²) < 4.78 is 43.0. The van der Waals surface area contributed by atoms with Crippen molar-refractivity contribution >= 4 is 11.7 Å². The molecular weight excluding hydrogens is 335 g/mol. The van der Waals surface area contributed by atoms with Crippen LogP contribution in [0.3, 0.4) is 0 Å². The lowest BCUT2D eigenvalue weighted by molar-refractivity contribution is -0.137. The lowest BCUT2D eigenvalue weighted by atomic mass is 10.2. The normalized spacial score (nSPS) is 11.0. The van der Waals surface area contributed by atoms with E-state index in [2.05, 4.69) is 5.32 Å². The monoisotopic (exact) mass is 351 g/mol. The second-order valence-corrected chi connectivity index (χ2v) is 5.42. The van der Waals surface area contributed by atoms with E-state index >= 15 is 0 Å². The second-order valence-electron chi connectivity index (χ2n) is 5.42. The van der Waals surface area contributed by atoms with E-state index < -0.39 is 11.7 Å². The number of rotatable bonds is 6. The van der Waals surface area contributed by atoms with E-state index in [4.69, 9.17) is 4.74 Å². The summed E-state index contributed by atoms with van der Waals surface area (Å²) in [4.78, 5) is 22.2. The van der Waals surface area contributed by atoms with Gasteiger partial charge in [-0.2, -0.15) is 13.2 Å². The van der Waals surface area contributed by atoms with Crippen molar-refractivity contribution in [3.05, 3.63) is 59.7 Å². The number of alkyl halides is 3. The van der Waals surface area contributed by atoms with Gasteiger partial charge in [0, 0.05) is 6.54 Å². The third-order valence-electron chi connectivity index (χ3n) is 3.24. The van der Waals surface area contributed by atoms with Gasteiger partial charge in [0.2, 0.25) is 5.91 Å². The molecule has 0 fully saturated rings. The largest absolute Gasteiger partial charge is 0.457 e. The second kappa shape index (κ2) is 7.83. The number of Topliss-reactive ketones (excluding diaryl/α,β-unsaturated/α-hetero) is 1. The van der Waals surface area contributed by atoms with Gasteiger partial charge < -0.3 is 10.1 Å². The number of carbonyl (C=O) groups excluding carboxylic acids is 2. The third-order valence-corrected chi connectivity index (χ3v) is 3.24. The molecule has 7 heteroatoms. The van der Waals surface area contributed by atoms with Gasteiger partial charge in [-0.1, -0.05) is 12.1 Å². The maximum absolute atomic E-state index is 12.5. The average molecular weight is 351 g/mol. The number of halogens is 3. The highest BCUT2D eigenvalue weighted by Gasteiger charge is 2.30. The lowest BCUT2D eigenvalue weighted by Gasteiger charge is -2.10. The van der Waals surface area contributed by atoms with Crippen LogP contribution >= 0.6 is 0 Å². The van der Waals surface area contributed by atoms with Crippen molar-refractivity contribution < 1.29 is 27.5 Å². The molecule has 0 unspecified atom stereocenters. The first kappa shape index (κ1) is 18.5. The van der Waals surface area contributed by atoms with Gasteiger partial charge in [-0.25, -0.2) is 0 Å². The van der Waals surface area contributed by atoms with Gasteiger partial charge in [-0.15, -0.1) is 0 Å². The molecule has 0 aliphatic carbocycles. The minimum atomic E-state index is -4.38. The SMILES string of the molecule is CC(=O)CC(=O)NCc1ccc(Oc2ccc(C(F)(F)F)cc2)cc1. The number of amides is 1. The van der Waals surface area contributed by atoms with Crippen LogP contribution in [0.5, 0.6) is 11.5 Å². The van der Waals surface area contributed by atoms with Crippen LogP contribution in [0.4, 0.5) is 13.2 Å². The predicted molar refractivity (Wildman–Crippen MR) is 85.1 cm³/mol. The van der Waals surface area contributed by atoms with Gasteiger partial charge in [0.1, 0.15) is 17.3 Å². The Bertz CT molecular complexity index is 738.